The molecular weight excluding hydrogens is 388 g/mol. The Morgan fingerprint density at radius 2 is 1.72 bits per heavy atom. The zero-order chi connectivity index (χ0) is 22.5. The Morgan fingerprint density at radius 3 is 2.50 bits per heavy atom. The van der Waals surface area contributed by atoms with Crippen molar-refractivity contribution in [1.82, 2.24) is 9.97 Å². The van der Waals surface area contributed by atoms with Gasteiger partial charge in [0.2, 0.25) is 0 Å². The molecule has 0 aliphatic heterocycles. The SMILES string of the molecule is CC(C)Cc1ccc2c(n1)CCc1c-2ccnc1-c1cc(C(C)(C)C)c2ccccc2c1. The molecule has 0 bridgehead atoms. The van der Waals surface area contributed by atoms with Crippen molar-refractivity contribution in [1.29, 1.82) is 0 Å². The van der Waals surface area contributed by atoms with Crippen molar-refractivity contribution in [3.63, 3.8) is 0 Å². The summed E-state index contributed by atoms with van der Waals surface area (Å²) in [6.45, 7) is 11.4. The van der Waals surface area contributed by atoms with Gasteiger partial charge in [0, 0.05) is 28.7 Å². The highest BCUT2D eigenvalue weighted by atomic mass is 14.7. The second-order valence-electron chi connectivity index (χ2n) is 10.6. The van der Waals surface area contributed by atoms with Crippen molar-refractivity contribution in [2.24, 2.45) is 5.92 Å². The van der Waals surface area contributed by atoms with Crippen LogP contribution in [0.1, 0.15) is 57.1 Å². The minimum absolute atomic E-state index is 0.0633. The van der Waals surface area contributed by atoms with Crippen LogP contribution in [0.5, 0.6) is 0 Å². The van der Waals surface area contributed by atoms with Gasteiger partial charge in [-0.25, -0.2) is 0 Å². The molecule has 2 aromatic heterocycles. The summed E-state index contributed by atoms with van der Waals surface area (Å²) in [5.41, 5.74) is 10.2. The summed E-state index contributed by atoms with van der Waals surface area (Å²) in [5, 5.41) is 2.62. The fourth-order valence-corrected chi connectivity index (χ4v) is 5.07. The third-order valence-corrected chi connectivity index (χ3v) is 6.55. The Hall–Kier alpha value is -3.00. The van der Waals surface area contributed by atoms with Crippen LogP contribution in [0.4, 0.5) is 0 Å². The molecule has 0 unspecified atom stereocenters. The van der Waals surface area contributed by atoms with Crippen molar-refractivity contribution < 1.29 is 0 Å². The van der Waals surface area contributed by atoms with E-state index in [0.29, 0.717) is 5.92 Å². The molecule has 32 heavy (non-hydrogen) atoms. The molecule has 162 valence electrons. The molecule has 0 fully saturated rings. The molecule has 1 aliphatic carbocycles. The normalized spacial score (nSPS) is 13.3. The predicted molar refractivity (Wildman–Crippen MR) is 135 cm³/mol. The van der Waals surface area contributed by atoms with Crippen molar-refractivity contribution >= 4 is 10.8 Å². The number of fused-ring (bicyclic) bond motifs is 4. The van der Waals surface area contributed by atoms with Crippen molar-refractivity contribution in [3.05, 3.63) is 83.3 Å². The quantitative estimate of drug-likeness (QED) is 0.342. The van der Waals surface area contributed by atoms with E-state index in [9.17, 15) is 0 Å². The number of benzene rings is 2. The largest absolute Gasteiger partial charge is 0.257 e. The molecule has 0 N–H and O–H groups in total. The van der Waals surface area contributed by atoms with Crippen molar-refractivity contribution in [3.8, 4) is 22.4 Å². The van der Waals surface area contributed by atoms with Crippen LogP contribution in [0, 0.1) is 5.92 Å². The summed E-state index contributed by atoms with van der Waals surface area (Å²) < 4.78 is 0. The number of pyridine rings is 2. The minimum Gasteiger partial charge on any atom is -0.257 e. The van der Waals surface area contributed by atoms with Crippen LogP contribution >= 0.6 is 0 Å². The highest BCUT2D eigenvalue weighted by Crippen LogP contribution is 2.40. The van der Waals surface area contributed by atoms with Gasteiger partial charge in [0.05, 0.1) is 5.69 Å². The number of hydrogen-bond donors (Lipinski definition) is 0. The Kier molecular flexibility index (Phi) is 5.12. The van der Waals surface area contributed by atoms with E-state index in [1.165, 1.54) is 50.0 Å². The van der Waals surface area contributed by atoms with Crippen LogP contribution in [0.2, 0.25) is 0 Å². The maximum absolute atomic E-state index is 5.02. The zero-order valence-corrected chi connectivity index (χ0v) is 19.9. The molecule has 4 aromatic rings. The molecule has 2 nitrogen and oxygen atoms in total. The monoisotopic (exact) mass is 420 g/mol. The fourth-order valence-electron chi connectivity index (χ4n) is 5.07. The first-order valence-corrected chi connectivity index (χ1v) is 11.8. The Bertz CT molecular complexity index is 1310. The topological polar surface area (TPSA) is 25.8 Å². The number of aromatic nitrogens is 2. The van der Waals surface area contributed by atoms with Crippen LogP contribution in [-0.2, 0) is 24.7 Å². The average molecular weight is 421 g/mol. The molecular formula is C30H32N2. The van der Waals surface area contributed by atoms with E-state index in [1.54, 1.807) is 0 Å². The third kappa shape index (κ3) is 3.72. The summed E-state index contributed by atoms with van der Waals surface area (Å²) in [5.74, 6) is 0.622. The van der Waals surface area contributed by atoms with E-state index in [-0.39, 0.29) is 5.41 Å². The molecule has 1 aliphatic rings. The van der Waals surface area contributed by atoms with E-state index < -0.39 is 0 Å². The van der Waals surface area contributed by atoms with Crippen LogP contribution in [0.3, 0.4) is 0 Å². The summed E-state index contributed by atoms with van der Waals surface area (Å²) in [6, 6.07) is 20.1. The lowest BCUT2D eigenvalue weighted by Crippen LogP contribution is -2.13. The standard InChI is InChI=1S/C30H32N2/c1-19(2)16-22-10-11-25-24-14-15-31-29(26(24)12-13-28(25)32-22)21-17-20-8-6-7-9-23(20)27(18-21)30(3,4)5/h6-11,14-15,17-19H,12-13,16H2,1-5H3. The van der Waals surface area contributed by atoms with Gasteiger partial charge in [-0.2, -0.15) is 0 Å². The molecule has 0 spiro atoms. The van der Waals surface area contributed by atoms with Gasteiger partial charge in [0.1, 0.15) is 0 Å². The minimum atomic E-state index is 0.0633. The summed E-state index contributed by atoms with van der Waals surface area (Å²) in [4.78, 5) is 9.92. The Labute approximate surface area is 191 Å². The Morgan fingerprint density at radius 1 is 0.906 bits per heavy atom. The smallest absolute Gasteiger partial charge is 0.0740 e. The molecule has 5 rings (SSSR count). The molecule has 2 heteroatoms. The van der Waals surface area contributed by atoms with Crippen LogP contribution < -0.4 is 0 Å². The molecule has 0 saturated heterocycles. The summed E-state index contributed by atoms with van der Waals surface area (Å²) >= 11 is 0. The third-order valence-electron chi connectivity index (χ3n) is 6.55. The maximum atomic E-state index is 5.02. The summed E-state index contributed by atoms with van der Waals surface area (Å²) in [7, 11) is 0. The molecule has 2 heterocycles. The number of hydrogen-bond acceptors (Lipinski definition) is 2. The lowest BCUT2D eigenvalue weighted by Gasteiger charge is -2.25. The first kappa shape index (κ1) is 20.9. The van der Waals surface area contributed by atoms with Gasteiger partial charge in [-0.05, 0) is 82.3 Å². The van der Waals surface area contributed by atoms with Crippen LogP contribution in [0.15, 0.2) is 60.8 Å². The first-order chi connectivity index (χ1) is 15.3. The van der Waals surface area contributed by atoms with Crippen molar-refractivity contribution in [2.45, 2.75) is 59.3 Å². The van der Waals surface area contributed by atoms with Gasteiger partial charge >= 0.3 is 0 Å². The van der Waals surface area contributed by atoms with Crippen molar-refractivity contribution in [2.75, 3.05) is 0 Å². The highest BCUT2D eigenvalue weighted by Gasteiger charge is 2.24. The van der Waals surface area contributed by atoms with Gasteiger partial charge < -0.3 is 0 Å². The second kappa shape index (κ2) is 7.85. The van der Waals surface area contributed by atoms with E-state index in [4.69, 9.17) is 9.97 Å². The predicted octanol–water partition coefficient (Wildman–Crippen LogP) is 7.56. The van der Waals surface area contributed by atoms with Gasteiger partial charge in [-0.3, -0.25) is 9.97 Å². The average Bonchev–Trinajstić information content (AvgIpc) is 2.76. The molecule has 0 atom stereocenters. The van der Waals surface area contributed by atoms with Gasteiger partial charge in [-0.1, -0.05) is 65.0 Å². The van der Waals surface area contributed by atoms with E-state index in [1.807, 2.05) is 6.20 Å². The van der Waals surface area contributed by atoms with Gasteiger partial charge in [-0.15, -0.1) is 0 Å². The fraction of sp³-hybridized carbons (Fsp3) is 0.333. The first-order valence-electron chi connectivity index (χ1n) is 11.8. The maximum Gasteiger partial charge on any atom is 0.0740 e. The highest BCUT2D eigenvalue weighted by molar-refractivity contribution is 5.92. The van der Waals surface area contributed by atoms with Crippen LogP contribution in [0.25, 0.3) is 33.2 Å². The molecule has 0 saturated carbocycles. The van der Waals surface area contributed by atoms with E-state index in [2.05, 4.69) is 89.2 Å². The van der Waals surface area contributed by atoms with Crippen LogP contribution in [-0.4, -0.2) is 9.97 Å². The number of nitrogens with zero attached hydrogens (tertiary/aromatic N) is 2. The van der Waals surface area contributed by atoms with E-state index in [0.717, 1.165) is 25.0 Å². The summed E-state index contributed by atoms with van der Waals surface area (Å²) in [6.07, 6.45) is 4.97. The molecule has 2 aromatic carbocycles. The van der Waals surface area contributed by atoms with E-state index >= 15 is 0 Å². The van der Waals surface area contributed by atoms with Gasteiger partial charge in [0.25, 0.3) is 0 Å². The Balaban J connectivity index is 1.66. The van der Waals surface area contributed by atoms with Gasteiger partial charge in [0.15, 0.2) is 0 Å². The lowest BCUT2D eigenvalue weighted by molar-refractivity contribution is 0.596. The number of rotatable bonds is 3. The molecule has 0 amide bonds. The number of aryl methyl sites for hydroxylation is 1. The zero-order valence-electron chi connectivity index (χ0n) is 19.9. The molecule has 0 radical (unpaired) electrons. The lowest BCUT2D eigenvalue weighted by atomic mass is 9.81. The second-order valence-corrected chi connectivity index (χ2v) is 10.6.